The fourth-order valence-electron chi connectivity index (χ4n) is 2.66. The van der Waals surface area contributed by atoms with Crippen molar-refractivity contribution in [2.45, 2.75) is 25.2 Å². The van der Waals surface area contributed by atoms with Crippen molar-refractivity contribution in [2.75, 3.05) is 26.7 Å². The molecule has 1 aliphatic rings. The fourth-order valence-corrected chi connectivity index (χ4v) is 2.66. The Bertz CT molecular complexity index is 434. The number of ether oxygens (including phenoxy) is 1. The highest BCUT2D eigenvalue weighted by Gasteiger charge is 2.28. The van der Waals surface area contributed by atoms with Gasteiger partial charge in [0.2, 0.25) is 5.91 Å². The van der Waals surface area contributed by atoms with Gasteiger partial charge in [0.05, 0.1) is 7.11 Å². The first kappa shape index (κ1) is 13.9. The van der Waals surface area contributed by atoms with Crippen LogP contribution in [-0.2, 0) is 4.79 Å². The largest absolute Gasteiger partial charge is 0.496 e. The number of hydrogen-bond donors (Lipinski definition) is 1. The summed E-state index contributed by atoms with van der Waals surface area (Å²) in [5, 5.41) is 0. The minimum atomic E-state index is 0.225. The van der Waals surface area contributed by atoms with Gasteiger partial charge in [0.1, 0.15) is 5.75 Å². The lowest BCUT2D eigenvalue weighted by atomic mass is 9.97. The van der Waals surface area contributed by atoms with E-state index in [9.17, 15) is 4.79 Å². The Kier molecular flexibility index (Phi) is 4.80. The maximum Gasteiger partial charge on any atom is 0.222 e. The Morgan fingerprint density at radius 3 is 3.00 bits per heavy atom. The zero-order chi connectivity index (χ0) is 13.7. The Balaban J connectivity index is 2.00. The van der Waals surface area contributed by atoms with Crippen LogP contribution in [0.5, 0.6) is 5.75 Å². The quantitative estimate of drug-likeness (QED) is 0.879. The number of nitrogens with zero attached hydrogens (tertiary/aromatic N) is 1. The van der Waals surface area contributed by atoms with Gasteiger partial charge >= 0.3 is 0 Å². The van der Waals surface area contributed by atoms with Crippen LogP contribution in [-0.4, -0.2) is 37.6 Å². The van der Waals surface area contributed by atoms with Crippen molar-refractivity contribution in [3.8, 4) is 5.75 Å². The number of hydrogen-bond acceptors (Lipinski definition) is 3. The van der Waals surface area contributed by atoms with Crippen LogP contribution in [0.1, 0.15) is 30.7 Å². The molecule has 1 amide bonds. The fraction of sp³-hybridized carbons (Fsp3) is 0.533. The average Bonchev–Trinajstić information content (AvgIpc) is 2.94. The smallest absolute Gasteiger partial charge is 0.222 e. The average molecular weight is 262 g/mol. The van der Waals surface area contributed by atoms with Crippen LogP contribution in [0, 0.1) is 0 Å². The van der Waals surface area contributed by atoms with E-state index in [2.05, 4.69) is 6.07 Å². The number of methoxy groups -OCH3 is 1. The Labute approximate surface area is 114 Å². The molecule has 1 atom stereocenters. The second kappa shape index (κ2) is 6.57. The van der Waals surface area contributed by atoms with Gasteiger partial charge in [0, 0.05) is 25.4 Å². The molecule has 4 heteroatoms. The van der Waals surface area contributed by atoms with Gasteiger partial charge in [0.25, 0.3) is 0 Å². The number of likely N-dealkylation sites (tertiary alicyclic amines) is 1. The molecule has 1 aliphatic heterocycles. The van der Waals surface area contributed by atoms with E-state index in [1.807, 2.05) is 23.1 Å². The Hall–Kier alpha value is -1.55. The van der Waals surface area contributed by atoms with Gasteiger partial charge in [-0.3, -0.25) is 4.79 Å². The third-order valence-corrected chi connectivity index (χ3v) is 3.71. The second-order valence-electron chi connectivity index (χ2n) is 4.96. The Morgan fingerprint density at radius 2 is 2.26 bits per heavy atom. The van der Waals surface area contributed by atoms with Crippen molar-refractivity contribution in [3.05, 3.63) is 29.8 Å². The molecule has 1 aromatic rings. The van der Waals surface area contributed by atoms with Crippen LogP contribution < -0.4 is 10.5 Å². The minimum Gasteiger partial charge on any atom is -0.496 e. The zero-order valence-electron chi connectivity index (χ0n) is 11.5. The first-order valence-electron chi connectivity index (χ1n) is 6.87. The van der Waals surface area contributed by atoms with Crippen LogP contribution in [0.25, 0.3) is 0 Å². The van der Waals surface area contributed by atoms with Crippen LogP contribution in [0.3, 0.4) is 0 Å². The number of benzene rings is 1. The molecule has 1 heterocycles. The maximum absolute atomic E-state index is 12.0. The summed E-state index contributed by atoms with van der Waals surface area (Å²) in [7, 11) is 1.69. The van der Waals surface area contributed by atoms with E-state index < -0.39 is 0 Å². The third kappa shape index (κ3) is 3.26. The zero-order valence-corrected chi connectivity index (χ0v) is 11.5. The number of carbonyl (C=O) groups excluding carboxylic acids is 1. The summed E-state index contributed by atoms with van der Waals surface area (Å²) >= 11 is 0. The lowest BCUT2D eigenvalue weighted by molar-refractivity contribution is -0.130. The van der Waals surface area contributed by atoms with E-state index in [1.165, 1.54) is 5.56 Å². The van der Waals surface area contributed by atoms with Crippen LogP contribution in [0.2, 0.25) is 0 Å². The van der Waals surface area contributed by atoms with Gasteiger partial charge in [-0.2, -0.15) is 0 Å². The molecule has 1 saturated heterocycles. The summed E-state index contributed by atoms with van der Waals surface area (Å²) in [6.07, 6.45) is 2.35. The molecular formula is C15H22N2O2. The highest BCUT2D eigenvalue weighted by Crippen LogP contribution is 2.33. The van der Waals surface area contributed by atoms with Crippen molar-refractivity contribution in [1.29, 1.82) is 0 Å². The Morgan fingerprint density at radius 1 is 1.47 bits per heavy atom. The summed E-state index contributed by atoms with van der Waals surface area (Å²) in [4.78, 5) is 13.9. The maximum atomic E-state index is 12.0. The van der Waals surface area contributed by atoms with Crippen molar-refractivity contribution in [1.82, 2.24) is 4.90 Å². The molecule has 0 aromatic heterocycles. The molecule has 0 bridgehead atoms. The summed E-state index contributed by atoms with van der Waals surface area (Å²) in [5.41, 5.74) is 6.65. The standard InChI is InChI=1S/C15H22N2O2/c1-19-14-6-3-2-5-13(14)12-8-10-17(11-12)15(18)7-4-9-16/h2-3,5-6,12H,4,7-11,16H2,1H3/t12-/m0/s1. The monoisotopic (exact) mass is 262 g/mol. The summed E-state index contributed by atoms with van der Waals surface area (Å²) in [5.74, 6) is 1.53. The minimum absolute atomic E-state index is 0.225. The molecule has 19 heavy (non-hydrogen) atoms. The number of para-hydroxylation sites is 1. The van der Waals surface area contributed by atoms with Crippen molar-refractivity contribution < 1.29 is 9.53 Å². The molecule has 0 aliphatic carbocycles. The normalized spacial score (nSPS) is 18.6. The topological polar surface area (TPSA) is 55.6 Å². The summed E-state index contributed by atoms with van der Waals surface area (Å²) in [6, 6.07) is 8.07. The molecule has 2 rings (SSSR count). The predicted octanol–water partition coefficient (Wildman–Crippen LogP) is 1.75. The van der Waals surface area contributed by atoms with Gasteiger partial charge in [-0.25, -0.2) is 0 Å². The molecular weight excluding hydrogens is 240 g/mol. The molecule has 1 aromatic carbocycles. The molecule has 2 N–H and O–H groups in total. The SMILES string of the molecule is COc1ccccc1[C@H]1CCN(C(=O)CCCN)C1. The van der Waals surface area contributed by atoms with E-state index in [4.69, 9.17) is 10.5 Å². The third-order valence-electron chi connectivity index (χ3n) is 3.71. The van der Waals surface area contributed by atoms with Gasteiger partial charge < -0.3 is 15.4 Å². The predicted molar refractivity (Wildman–Crippen MR) is 75.2 cm³/mol. The van der Waals surface area contributed by atoms with Crippen LogP contribution in [0.15, 0.2) is 24.3 Å². The highest BCUT2D eigenvalue weighted by atomic mass is 16.5. The van der Waals surface area contributed by atoms with Gasteiger partial charge in [-0.1, -0.05) is 18.2 Å². The first-order valence-corrected chi connectivity index (χ1v) is 6.87. The first-order chi connectivity index (χ1) is 9.26. The van der Waals surface area contributed by atoms with Crippen molar-refractivity contribution >= 4 is 5.91 Å². The van der Waals surface area contributed by atoms with E-state index >= 15 is 0 Å². The van der Waals surface area contributed by atoms with Gasteiger partial charge in [-0.05, 0) is 31.0 Å². The van der Waals surface area contributed by atoms with Crippen LogP contribution in [0.4, 0.5) is 0 Å². The number of rotatable bonds is 5. The second-order valence-corrected chi connectivity index (χ2v) is 4.96. The van der Waals surface area contributed by atoms with E-state index in [-0.39, 0.29) is 5.91 Å². The molecule has 0 spiro atoms. The van der Waals surface area contributed by atoms with Crippen molar-refractivity contribution in [3.63, 3.8) is 0 Å². The number of amides is 1. The molecule has 1 fully saturated rings. The van der Waals surface area contributed by atoms with Gasteiger partial charge in [0.15, 0.2) is 0 Å². The molecule has 0 saturated carbocycles. The number of carbonyl (C=O) groups is 1. The summed E-state index contributed by atoms with van der Waals surface area (Å²) < 4.78 is 5.40. The molecule has 0 unspecified atom stereocenters. The van der Waals surface area contributed by atoms with Crippen LogP contribution >= 0.6 is 0 Å². The van der Waals surface area contributed by atoms with E-state index in [0.717, 1.165) is 31.7 Å². The lowest BCUT2D eigenvalue weighted by Gasteiger charge is -2.17. The van der Waals surface area contributed by atoms with Crippen molar-refractivity contribution in [2.24, 2.45) is 5.73 Å². The van der Waals surface area contributed by atoms with E-state index in [1.54, 1.807) is 7.11 Å². The lowest BCUT2D eigenvalue weighted by Crippen LogP contribution is -2.28. The van der Waals surface area contributed by atoms with Gasteiger partial charge in [-0.15, -0.1) is 0 Å². The number of nitrogens with two attached hydrogens (primary N) is 1. The van der Waals surface area contributed by atoms with E-state index in [0.29, 0.717) is 18.9 Å². The molecule has 4 nitrogen and oxygen atoms in total. The highest BCUT2D eigenvalue weighted by molar-refractivity contribution is 5.76. The summed E-state index contributed by atoms with van der Waals surface area (Å²) in [6.45, 7) is 2.21. The molecule has 104 valence electrons. The molecule has 0 radical (unpaired) electrons.